The average molecular weight is 276 g/mol. The highest BCUT2D eigenvalue weighted by Crippen LogP contribution is 2.30. The number of nitrogens with two attached hydrogens (primary N) is 1. The zero-order chi connectivity index (χ0) is 14.0. The van der Waals surface area contributed by atoms with Crippen LogP contribution in [-0.4, -0.2) is 19.8 Å². The average Bonchev–Trinajstić information content (AvgIpc) is 2.71. The van der Waals surface area contributed by atoms with Crippen LogP contribution in [0.4, 0.5) is 5.69 Å². The predicted molar refractivity (Wildman–Crippen MR) is 66.8 cm³/mol. The summed E-state index contributed by atoms with van der Waals surface area (Å²) in [6.45, 7) is 1.69. The second-order valence-corrected chi connectivity index (χ2v) is 4.56. The zero-order valence-corrected chi connectivity index (χ0v) is 10.6. The Balaban J connectivity index is 2.38. The number of benzene rings is 1. The van der Waals surface area contributed by atoms with Crippen LogP contribution >= 0.6 is 11.8 Å². The SMILES string of the molecule is Cc1nnc(Sc2ccc([N+](=O)[O-])cc2C#N)n1N. The van der Waals surface area contributed by atoms with Crippen LogP contribution in [0.5, 0.6) is 0 Å². The van der Waals surface area contributed by atoms with Crippen molar-refractivity contribution < 1.29 is 4.92 Å². The number of non-ortho nitro benzene ring substituents is 1. The predicted octanol–water partition coefficient (Wildman–Crippen LogP) is 1.23. The van der Waals surface area contributed by atoms with Crippen molar-refractivity contribution in [2.75, 3.05) is 5.84 Å². The van der Waals surface area contributed by atoms with Crippen molar-refractivity contribution in [3.05, 3.63) is 39.7 Å². The van der Waals surface area contributed by atoms with Crippen LogP contribution in [0.15, 0.2) is 28.3 Å². The van der Waals surface area contributed by atoms with E-state index in [4.69, 9.17) is 11.1 Å². The number of hydrogen-bond donors (Lipinski definition) is 1. The van der Waals surface area contributed by atoms with Crippen LogP contribution in [0.1, 0.15) is 11.4 Å². The first-order valence-corrected chi connectivity index (χ1v) is 5.88. The molecule has 9 heteroatoms. The maximum absolute atomic E-state index is 10.6. The zero-order valence-electron chi connectivity index (χ0n) is 9.77. The van der Waals surface area contributed by atoms with Gasteiger partial charge >= 0.3 is 0 Å². The van der Waals surface area contributed by atoms with Crippen molar-refractivity contribution in [1.82, 2.24) is 14.9 Å². The Kier molecular flexibility index (Phi) is 3.35. The summed E-state index contributed by atoms with van der Waals surface area (Å²) in [5.41, 5.74) is 0.0612. The normalized spacial score (nSPS) is 10.1. The van der Waals surface area contributed by atoms with E-state index in [0.717, 1.165) is 11.8 Å². The molecule has 2 N–H and O–H groups in total. The fourth-order valence-electron chi connectivity index (χ4n) is 1.33. The molecule has 0 aliphatic carbocycles. The van der Waals surface area contributed by atoms with Crippen molar-refractivity contribution in [3.63, 3.8) is 0 Å². The lowest BCUT2D eigenvalue weighted by Gasteiger charge is -2.03. The lowest BCUT2D eigenvalue weighted by molar-refractivity contribution is -0.384. The van der Waals surface area contributed by atoms with Gasteiger partial charge in [-0.1, -0.05) is 0 Å². The second kappa shape index (κ2) is 4.95. The largest absolute Gasteiger partial charge is 0.336 e. The summed E-state index contributed by atoms with van der Waals surface area (Å²) < 4.78 is 1.28. The number of nitrogen functional groups attached to an aromatic ring is 1. The van der Waals surface area contributed by atoms with Gasteiger partial charge in [0.2, 0.25) is 5.16 Å². The number of aromatic nitrogens is 3. The number of aryl methyl sites for hydroxylation is 1. The Morgan fingerprint density at radius 2 is 2.26 bits per heavy atom. The third-order valence-corrected chi connectivity index (χ3v) is 3.37. The summed E-state index contributed by atoms with van der Waals surface area (Å²) >= 11 is 1.13. The minimum atomic E-state index is -0.551. The van der Waals surface area contributed by atoms with Crippen molar-refractivity contribution in [2.45, 2.75) is 17.0 Å². The van der Waals surface area contributed by atoms with Gasteiger partial charge in [0.1, 0.15) is 11.9 Å². The van der Waals surface area contributed by atoms with Crippen LogP contribution in [0, 0.1) is 28.4 Å². The summed E-state index contributed by atoms with van der Waals surface area (Å²) in [7, 11) is 0. The number of rotatable bonds is 3. The molecule has 19 heavy (non-hydrogen) atoms. The molecule has 0 aliphatic rings. The maximum Gasteiger partial charge on any atom is 0.270 e. The molecule has 2 rings (SSSR count). The Labute approximate surface area is 112 Å². The lowest BCUT2D eigenvalue weighted by Crippen LogP contribution is -2.11. The van der Waals surface area contributed by atoms with Crippen molar-refractivity contribution >= 4 is 17.4 Å². The maximum atomic E-state index is 10.6. The van der Waals surface area contributed by atoms with Gasteiger partial charge in [-0.15, -0.1) is 10.2 Å². The molecule has 1 aromatic carbocycles. The second-order valence-electron chi connectivity index (χ2n) is 3.55. The van der Waals surface area contributed by atoms with Gasteiger partial charge in [-0.2, -0.15) is 5.26 Å². The van der Waals surface area contributed by atoms with E-state index in [0.29, 0.717) is 15.9 Å². The van der Waals surface area contributed by atoms with E-state index >= 15 is 0 Å². The van der Waals surface area contributed by atoms with E-state index in [2.05, 4.69) is 10.2 Å². The van der Waals surface area contributed by atoms with Crippen LogP contribution in [0.2, 0.25) is 0 Å². The summed E-state index contributed by atoms with van der Waals surface area (Å²) in [6.07, 6.45) is 0. The highest BCUT2D eigenvalue weighted by atomic mass is 32.2. The van der Waals surface area contributed by atoms with Crippen LogP contribution in [0.25, 0.3) is 0 Å². The highest BCUT2D eigenvalue weighted by Gasteiger charge is 2.14. The third kappa shape index (κ3) is 2.48. The van der Waals surface area contributed by atoms with E-state index in [-0.39, 0.29) is 11.3 Å². The molecule has 0 saturated carbocycles. The van der Waals surface area contributed by atoms with E-state index < -0.39 is 4.92 Å². The minimum absolute atomic E-state index is 0.133. The first kappa shape index (κ1) is 12.8. The van der Waals surface area contributed by atoms with Gasteiger partial charge in [-0.3, -0.25) is 10.1 Å². The van der Waals surface area contributed by atoms with E-state index in [1.807, 2.05) is 6.07 Å². The highest BCUT2D eigenvalue weighted by molar-refractivity contribution is 7.99. The van der Waals surface area contributed by atoms with Gasteiger partial charge in [0.05, 0.1) is 10.5 Å². The number of nitro benzene ring substituents is 1. The molecule has 96 valence electrons. The molecule has 0 aliphatic heterocycles. The third-order valence-electron chi connectivity index (χ3n) is 2.33. The molecular formula is C10H8N6O2S. The molecular weight excluding hydrogens is 268 g/mol. The molecule has 0 fully saturated rings. The van der Waals surface area contributed by atoms with E-state index in [1.54, 1.807) is 6.92 Å². The van der Waals surface area contributed by atoms with Crippen molar-refractivity contribution in [3.8, 4) is 6.07 Å². The van der Waals surface area contributed by atoms with Crippen molar-refractivity contribution in [1.29, 1.82) is 5.26 Å². The molecule has 0 unspecified atom stereocenters. The first-order chi connectivity index (χ1) is 9.02. The number of nitriles is 1. The van der Waals surface area contributed by atoms with Gasteiger partial charge in [-0.25, -0.2) is 4.68 Å². The van der Waals surface area contributed by atoms with Crippen molar-refractivity contribution in [2.24, 2.45) is 0 Å². The van der Waals surface area contributed by atoms with Crippen LogP contribution in [0.3, 0.4) is 0 Å². The fraction of sp³-hybridized carbons (Fsp3) is 0.100. The minimum Gasteiger partial charge on any atom is -0.336 e. The summed E-state index contributed by atoms with van der Waals surface area (Å²) in [5.74, 6) is 6.23. The molecule has 0 amide bonds. The quantitative estimate of drug-likeness (QED) is 0.508. The molecule has 8 nitrogen and oxygen atoms in total. The topological polar surface area (TPSA) is 124 Å². The van der Waals surface area contributed by atoms with Gasteiger partial charge in [0.25, 0.3) is 5.69 Å². The van der Waals surface area contributed by atoms with Gasteiger partial charge < -0.3 is 5.84 Å². The molecule has 0 bridgehead atoms. The summed E-state index contributed by atoms with van der Waals surface area (Å²) in [5, 5.41) is 27.7. The van der Waals surface area contributed by atoms with Gasteiger partial charge in [0, 0.05) is 17.0 Å². The Morgan fingerprint density at radius 3 is 2.79 bits per heavy atom. The Hall–Kier alpha value is -2.60. The molecule has 2 aromatic rings. The number of hydrogen-bond acceptors (Lipinski definition) is 7. The number of nitro groups is 1. The molecule has 1 aromatic heterocycles. The molecule has 0 spiro atoms. The monoisotopic (exact) mass is 276 g/mol. The smallest absolute Gasteiger partial charge is 0.270 e. The Bertz CT molecular complexity index is 690. The molecule has 0 saturated heterocycles. The molecule has 0 radical (unpaired) electrons. The summed E-state index contributed by atoms with van der Waals surface area (Å²) in [4.78, 5) is 10.6. The van der Waals surface area contributed by atoms with Crippen LogP contribution < -0.4 is 5.84 Å². The number of nitrogens with zero attached hydrogens (tertiary/aromatic N) is 5. The molecule has 1 heterocycles. The Morgan fingerprint density at radius 1 is 1.53 bits per heavy atom. The first-order valence-electron chi connectivity index (χ1n) is 5.06. The standard InChI is InChI=1S/C10H8N6O2S/c1-6-13-14-10(15(6)12)19-9-3-2-8(16(17)18)4-7(9)5-11/h2-4H,12H2,1H3. The van der Waals surface area contributed by atoms with E-state index in [1.165, 1.54) is 22.9 Å². The molecule has 0 atom stereocenters. The van der Waals surface area contributed by atoms with Gasteiger partial charge in [0.15, 0.2) is 0 Å². The van der Waals surface area contributed by atoms with Gasteiger partial charge in [-0.05, 0) is 24.8 Å². The summed E-state index contributed by atoms with van der Waals surface area (Å²) in [6, 6.07) is 5.95. The fourth-order valence-corrected chi connectivity index (χ4v) is 2.19. The van der Waals surface area contributed by atoms with Crippen LogP contribution in [-0.2, 0) is 0 Å². The van der Waals surface area contributed by atoms with E-state index in [9.17, 15) is 10.1 Å². The lowest BCUT2D eigenvalue weighted by atomic mass is 10.2.